The third-order valence-electron chi connectivity index (χ3n) is 2.43. The number of fused-ring (bicyclic) bond motifs is 1. The molecule has 0 saturated carbocycles. The highest BCUT2D eigenvalue weighted by molar-refractivity contribution is 5.68. The van der Waals surface area contributed by atoms with E-state index in [9.17, 15) is 0 Å². The molecule has 4 nitrogen and oxygen atoms in total. The molecule has 0 aromatic carbocycles. The van der Waals surface area contributed by atoms with Crippen molar-refractivity contribution in [2.24, 2.45) is 0 Å². The molecule has 0 bridgehead atoms. The van der Waals surface area contributed by atoms with E-state index < -0.39 is 0 Å². The molecule has 0 aliphatic heterocycles. The van der Waals surface area contributed by atoms with Gasteiger partial charge in [-0.1, -0.05) is 0 Å². The minimum Gasteiger partial charge on any atom is -0.397 e. The van der Waals surface area contributed by atoms with Crippen molar-refractivity contribution < 1.29 is 4.74 Å². The zero-order valence-corrected chi connectivity index (χ0v) is 8.81. The van der Waals surface area contributed by atoms with Crippen LogP contribution in [0.25, 0.3) is 5.52 Å². The first-order chi connectivity index (χ1) is 7.33. The van der Waals surface area contributed by atoms with E-state index in [-0.39, 0.29) is 0 Å². The van der Waals surface area contributed by atoms with E-state index in [1.54, 1.807) is 7.11 Å². The summed E-state index contributed by atoms with van der Waals surface area (Å²) in [6.07, 6.45) is 5.69. The highest BCUT2D eigenvalue weighted by Gasteiger charge is 2.04. The van der Waals surface area contributed by atoms with Crippen molar-refractivity contribution in [2.45, 2.75) is 12.8 Å². The van der Waals surface area contributed by atoms with Crippen molar-refractivity contribution in [3.05, 3.63) is 30.4 Å². The summed E-state index contributed by atoms with van der Waals surface area (Å²) < 4.78 is 7.05. The SMILES string of the molecule is COCCCc1ncc2c(N)cccn12. The molecule has 0 spiro atoms. The summed E-state index contributed by atoms with van der Waals surface area (Å²) in [6, 6.07) is 3.82. The maximum absolute atomic E-state index is 5.84. The maximum atomic E-state index is 5.84. The van der Waals surface area contributed by atoms with Gasteiger partial charge in [-0.25, -0.2) is 4.98 Å². The first kappa shape index (κ1) is 9.98. The van der Waals surface area contributed by atoms with Gasteiger partial charge in [-0.3, -0.25) is 0 Å². The maximum Gasteiger partial charge on any atom is 0.113 e. The molecular weight excluding hydrogens is 190 g/mol. The number of nitrogens with two attached hydrogens (primary N) is 1. The van der Waals surface area contributed by atoms with Crippen molar-refractivity contribution in [3.63, 3.8) is 0 Å². The Morgan fingerprint density at radius 3 is 3.20 bits per heavy atom. The summed E-state index contributed by atoms with van der Waals surface area (Å²) in [5.41, 5.74) is 7.58. The van der Waals surface area contributed by atoms with E-state index >= 15 is 0 Å². The molecule has 15 heavy (non-hydrogen) atoms. The second kappa shape index (κ2) is 4.31. The normalized spacial score (nSPS) is 11.0. The lowest BCUT2D eigenvalue weighted by atomic mass is 10.3. The summed E-state index contributed by atoms with van der Waals surface area (Å²) in [7, 11) is 1.71. The van der Waals surface area contributed by atoms with E-state index in [2.05, 4.69) is 4.98 Å². The molecule has 0 amide bonds. The quantitative estimate of drug-likeness (QED) is 0.769. The summed E-state index contributed by atoms with van der Waals surface area (Å²) in [5, 5.41) is 0. The van der Waals surface area contributed by atoms with Crippen LogP contribution in [0.2, 0.25) is 0 Å². The first-order valence-corrected chi connectivity index (χ1v) is 5.02. The third-order valence-corrected chi connectivity index (χ3v) is 2.43. The van der Waals surface area contributed by atoms with Crippen LogP contribution in [0.1, 0.15) is 12.2 Å². The lowest BCUT2D eigenvalue weighted by molar-refractivity contribution is 0.194. The van der Waals surface area contributed by atoms with Crippen molar-refractivity contribution >= 4 is 11.2 Å². The molecule has 0 unspecified atom stereocenters. The Labute approximate surface area is 88.7 Å². The number of ether oxygens (including phenoxy) is 1. The van der Waals surface area contributed by atoms with Crippen LogP contribution in [0, 0.1) is 0 Å². The second-order valence-electron chi connectivity index (χ2n) is 3.49. The van der Waals surface area contributed by atoms with Crippen molar-refractivity contribution in [1.82, 2.24) is 9.38 Å². The summed E-state index contributed by atoms with van der Waals surface area (Å²) >= 11 is 0. The Kier molecular flexibility index (Phi) is 2.87. The van der Waals surface area contributed by atoms with Gasteiger partial charge >= 0.3 is 0 Å². The van der Waals surface area contributed by atoms with Crippen LogP contribution in [0.4, 0.5) is 5.69 Å². The predicted molar refractivity (Wildman–Crippen MR) is 59.8 cm³/mol. The molecule has 2 N–H and O–H groups in total. The van der Waals surface area contributed by atoms with E-state index in [1.807, 2.05) is 28.9 Å². The smallest absolute Gasteiger partial charge is 0.113 e. The Balaban J connectivity index is 2.25. The number of methoxy groups -OCH3 is 1. The number of pyridine rings is 1. The van der Waals surface area contributed by atoms with Crippen LogP contribution in [-0.4, -0.2) is 23.1 Å². The standard InChI is InChI=1S/C11H15N3O/c1-15-7-3-5-11-13-8-10-9(12)4-2-6-14(10)11/h2,4,6,8H,3,5,7,12H2,1H3. The number of hydrogen-bond acceptors (Lipinski definition) is 3. The average Bonchev–Trinajstić information content (AvgIpc) is 2.64. The number of rotatable bonds is 4. The molecule has 2 rings (SSSR count). The Hall–Kier alpha value is -1.55. The van der Waals surface area contributed by atoms with Crippen LogP contribution in [0.3, 0.4) is 0 Å². The Morgan fingerprint density at radius 1 is 1.53 bits per heavy atom. The molecule has 0 radical (unpaired) electrons. The van der Waals surface area contributed by atoms with Crippen molar-refractivity contribution in [2.75, 3.05) is 19.5 Å². The predicted octanol–water partition coefficient (Wildman–Crippen LogP) is 1.50. The van der Waals surface area contributed by atoms with Crippen molar-refractivity contribution in [3.8, 4) is 0 Å². The molecule has 2 aromatic rings. The van der Waals surface area contributed by atoms with Gasteiger partial charge in [-0.05, 0) is 18.6 Å². The fraction of sp³-hybridized carbons (Fsp3) is 0.364. The fourth-order valence-electron chi connectivity index (χ4n) is 1.66. The van der Waals surface area contributed by atoms with Crippen molar-refractivity contribution in [1.29, 1.82) is 0 Å². The Bertz CT molecular complexity index is 450. The minimum atomic E-state index is 0.761. The van der Waals surface area contributed by atoms with E-state index in [4.69, 9.17) is 10.5 Å². The largest absolute Gasteiger partial charge is 0.397 e. The number of anilines is 1. The number of nitrogens with zero attached hydrogens (tertiary/aromatic N) is 2. The van der Waals surface area contributed by atoms with Crippen LogP contribution in [-0.2, 0) is 11.2 Å². The third kappa shape index (κ3) is 1.94. The zero-order valence-electron chi connectivity index (χ0n) is 8.81. The van der Waals surface area contributed by atoms with E-state index in [0.29, 0.717) is 0 Å². The summed E-state index contributed by atoms with van der Waals surface area (Å²) in [4.78, 5) is 4.36. The van der Waals surface area contributed by atoms with Crippen LogP contribution in [0.15, 0.2) is 24.5 Å². The monoisotopic (exact) mass is 205 g/mol. The topological polar surface area (TPSA) is 52.5 Å². The van der Waals surface area contributed by atoms with Gasteiger partial charge in [0.2, 0.25) is 0 Å². The highest BCUT2D eigenvalue weighted by atomic mass is 16.5. The molecule has 2 heterocycles. The van der Waals surface area contributed by atoms with Gasteiger partial charge in [-0.2, -0.15) is 0 Å². The summed E-state index contributed by atoms with van der Waals surface area (Å²) in [5.74, 6) is 1.04. The van der Waals surface area contributed by atoms with Crippen LogP contribution in [0.5, 0.6) is 0 Å². The Morgan fingerprint density at radius 2 is 2.40 bits per heavy atom. The zero-order chi connectivity index (χ0) is 10.7. The highest BCUT2D eigenvalue weighted by Crippen LogP contribution is 2.15. The average molecular weight is 205 g/mol. The summed E-state index contributed by atoms with van der Waals surface area (Å²) in [6.45, 7) is 0.761. The van der Waals surface area contributed by atoms with E-state index in [1.165, 1.54) is 0 Å². The molecule has 0 saturated heterocycles. The van der Waals surface area contributed by atoms with Gasteiger partial charge in [0.25, 0.3) is 0 Å². The molecule has 0 aliphatic rings. The molecule has 4 heteroatoms. The van der Waals surface area contributed by atoms with Crippen LogP contribution >= 0.6 is 0 Å². The van der Waals surface area contributed by atoms with Gasteiger partial charge in [0.15, 0.2) is 0 Å². The van der Waals surface area contributed by atoms with Gasteiger partial charge in [0, 0.05) is 26.3 Å². The fourth-order valence-corrected chi connectivity index (χ4v) is 1.66. The molecular formula is C11H15N3O. The van der Waals surface area contributed by atoms with Gasteiger partial charge in [-0.15, -0.1) is 0 Å². The number of aryl methyl sites for hydroxylation is 1. The number of aromatic nitrogens is 2. The minimum absolute atomic E-state index is 0.761. The van der Waals surface area contributed by atoms with Gasteiger partial charge in [0.05, 0.1) is 17.4 Å². The molecule has 80 valence electrons. The number of hydrogen-bond donors (Lipinski definition) is 1. The second-order valence-corrected chi connectivity index (χ2v) is 3.49. The van der Waals surface area contributed by atoms with Gasteiger partial charge in [0.1, 0.15) is 5.82 Å². The number of imidazole rings is 1. The number of nitrogen functional groups attached to an aromatic ring is 1. The molecule has 2 aromatic heterocycles. The molecule has 0 aliphatic carbocycles. The molecule has 0 fully saturated rings. The molecule has 0 atom stereocenters. The lowest BCUT2D eigenvalue weighted by Gasteiger charge is -2.02. The van der Waals surface area contributed by atoms with E-state index in [0.717, 1.165) is 36.5 Å². The van der Waals surface area contributed by atoms with Gasteiger partial charge < -0.3 is 14.9 Å². The lowest BCUT2D eigenvalue weighted by Crippen LogP contribution is -1.99. The van der Waals surface area contributed by atoms with Crippen LogP contribution < -0.4 is 5.73 Å². The first-order valence-electron chi connectivity index (χ1n) is 5.02.